The molecule has 1 saturated carbocycles. The van der Waals surface area contributed by atoms with E-state index >= 15 is 0 Å². The highest BCUT2D eigenvalue weighted by Crippen LogP contribution is 2.26. The first-order valence-corrected chi connectivity index (χ1v) is 7.62. The Morgan fingerprint density at radius 1 is 1.36 bits per heavy atom. The lowest BCUT2D eigenvalue weighted by molar-refractivity contribution is 0.472. The normalized spacial score (nSPS) is 15.1. The quantitative estimate of drug-likeness (QED) is 0.455. The third kappa shape index (κ3) is 2.79. The van der Waals surface area contributed by atoms with Crippen LogP contribution in [0.3, 0.4) is 0 Å². The van der Waals surface area contributed by atoms with Gasteiger partial charge in [-0.25, -0.2) is 0 Å². The number of benzene rings is 1. The van der Waals surface area contributed by atoms with Crippen LogP contribution in [0.2, 0.25) is 0 Å². The SMILES string of the molecule is C=CCc1[nH]nc2ccc(C(=N)OC(=N)C3CCCC3)cc12. The van der Waals surface area contributed by atoms with E-state index < -0.39 is 0 Å². The van der Waals surface area contributed by atoms with Gasteiger partial charge in [0.1, 0.15) is 0 Å². The lowest BCUT2D eigenvalue weighted by Crippen LogP contribution is -2.18. The molecule has 5 heteroatoms. The maximum Gasteiger partial charge on any atom is 0.220 e. The van der Waals surface area contributed by atoms with Crippen molar-refractivity contribution in [1.82, 2.24) is 10.2 Å². The van der Waals surface area contributed by atoms with Crippen LogP contribution in [0, 0.1) is 16.7 Å². The van der Waals surface area contributed by atoms with Crippen molar-refractivity contribution in [2.24, 2.45) is 5.92 Å². The first-order chi connectivity index (χ1) is 10.7. The standard InChI is InChI=1S/C17H20N4O/c1-2-5-14-13-10-12(8-9-15(13)21-20-14)17(19)22-16(18)11-6-3-4-7-11/h2,8-11,18-19H,1,3-7H2,(H,20,21). The summed E-state index contributed by atoms with van der Waals surface area (Å²) < 4.78 is 5.46. The van der Waals surface area contributed by atoms with E-state index in [0.717, 1.165) is 42.3 Å². The van der Waals surface area contributed by atoms with Crippen LogP contribution in [0.15, 0.2) is 30.9 Å². The van der Waals surface area contributed by atoms with Gasteiger partial charge in [0.15, 0.2) is 5.90 Å². The van der Waals surface area contributed by atoms with E-state index in [1.165, 1.54) is 0 Å². The summed E-state index contributed by atoms with van der Waals surface area (Å²) >= 11 is 0. The number of aromatic nitrogens is 2. The predicted octanol–water partition coefficient (Wildman–Crippen LogP) is 3.80. The van der Waals surface area contributed by atoms with Crippen molar-refractivity contribution in [3.8, 4) is 0 Å². The molecule has 1 heterocycles. The minimum Gasteiger partial charge on any atom is -0.425 e. The van der Waals surface area contributed by atoms with Crippen molar-refractivity contribution >= 4 is 22.7 Å². The highest BCUT2D eigenvalue weighted by molar-refractivity contribution is 6.02. The first-order valence-electron chi connectivity index (χ1n) is 7.62. The highest BCUT2D eigenvalue weighted by Gasteiger charge is 2.22. The topological polar surface area (TPSA) is 85.6 Å². The largest absolute Gasteiger partial charge is 0.425 e. The molecule has 22 heavy (non-hydrogen) atoms. The summed E-state index contributed by atoms with van der Waals surface area (Å²) in [6.07, 6.45) is 6.81. The molecule has 3 N–H and O–H groups in total. The summed E-state index contributed by atoms with van der Waals surface area (Å²) in [6, 6.07) is 5.57. The second-order valence-corrected chi connectivity index (χ2v) is 5.70. The molecule has 0 bridgehead atoms. The number of nitrogens with one attached hydrogen (secondary N) is 3. The second kappa shape index (κ2) is 6.13. The number of hydrogen-bond acceptors (Lipinski definition) is 4. The van der Waals surface area contributed by atoms with E-state index in [1.54, 1.807) is 0 Å². The molecule has 114 valence electrons. The van der Waals surface area contributed by atoms with E-state index in [9.17, 15) is 0 Å². The fourth-order valence-electron chi connectivity index (χ4n) is 2.94. The van der Waals surface area contributed by atoms with Crippen molar-refractivity contribution in [1.29, 1.82) is 10.8 Å². The Morgan fingerprint density at radius 3 is 2.86 bits per heavy atom. The fourth-order valence-corrected chi connectivity index (χ4v) is 2.94. The molecule has 1 aromatic carbocycles. The summed E-state index contributed by atoms with van der Waals surface area (Å²) in [4.78, 5) is 0. The monoisotopic (exact) mass is 296 g/mol. The van der Waals surface area contributed by atoms with Gasteiger partial charge < -0.3 is 4.74 Å². The Balaban J connectivity index is 1.79. The lowest BCUT2D eigenvalue weighted by Gasteiger charge is -2.13. The summed E-state index contributed by atoms with van der Waals surface area (Å²) in [5.74, 6) is 0.431. The van der Waals surface area contributed by atoms with Gasteiger partial charge in [-0.1, -0.05) is 18.9 Å². The summed E-state index contributed by atoms with van der Waals surface area (Å²) in [7, 11) is 0. The number of fused-ring (bicyclic) bond motifs is 1. The number of hydrogen-bond donors (Lipinski definition) is 3. The average molecular weight is 296 g/mol. The highest BCUT2D eigenvalue weighted by atomic mass is 16.5. The Morgan fingerprint density at radius 2 is 2.14 bits per heavy atom. The maximum absolute atomic E-state index is 8.11. The molecule has 0 unspecified atom stereocenters. The van der Waals surface area contributed by atoms with E-state index in [-0.39, 0.29) is 17.7 Å². The van der Waals surface area contributed by atoms with Crippen LogP contribution in [0.25, 0.3) is 10.9 Å². The van der Waals surface area contributed by atoms with Crippen molar-refractivity contribution in [3.63, 3.8) is 0 Å². The summed E-state index contributed by atoms with van der Waals surface area (Å²) in [6.45, 7) is 3.74. The molecular weight excluding hydrogens is 276 g/mol. The van der Waals surface area contributed by atoms with E-state index in [4.69, 9.17) is 15.6 Å². The van der Waals surface area contributed by atoms with Gasteiger partial charge in [0.2, 0.25) is 5.90 Å². The molecule has 1 fully saturated rings. The van der Waals surface area contributed by atoms with Crippen molar-refractivity contribution in [2.45, 2.75) is 32.1 Å². The van der Waals surface area contributed by atoms with Crippen LogP contribution in [0.1, 0.15) is 36.9 Å². The van der Waals surface area contributed by atoms with Crippen LogP contribution in [-0.4, -0.2) is 22.0 Å². The van der Waals surface area contributed by atoms with Crippen molar-refractivity contribution < 1.29 is 4.74 Å². The number of rotatable bonds is 4. The fraction of sp³-hybridized carbons (Fsp3) is 0.353. The molecule has 1 aliphatic carbocycles. The minimum atomic E-state index is 0.0320. The number of H-pyrrole nitrogens is 1. The number of nitrogens with zero attached hydrogens (tertiary/aromatic N) is 1. The lowest BCUT2D eigenvalue weighted by atomic mass is 10.1. The maximum atomic E-state index is 8.11. The molecule has 0 aliphatic heterocycles. The molecule has 0 spiro atoms. The molecule has 0 radical (unpaired) electrons. The van der Waals surface area contributed by atoms with Crippen LogP contribution in [-0.2, 0) is 11.2 Å². The van der Waals surface area contributed by atoms with Crippen LogP contribution >= 0.6 is 0 Å². The molecule has 2 aromatic rings. The second-order valence-electron chi connectivity index (χ2n) is 5.70. The van der Waals surface area contributed by atoms with E-state index in [0.29, 0.717) is 12.0 Å². The van der Waals surface area contributed by atoms with Gasteiger partial charge >= 0.3 is 0 Å². The number of ether oxygens (including phenoxy) is 1. The minimum absolute atomic E-state index is 0.0320. The Kier molecular flexibility index (Phi) is 4.04. The zero-order valence-electron chi connectivity index (χ0n) is 12.5. The molecule has 0 amide bonds. The van der Waals surface area contributed by atoms with Crippen LogP contribution in [0.4, 0.5) is 0 Å². The van der Waals surface area contributed by atoms with Gasteiger partial charge in [0.25, 0.3) is 0 Å². The molecule has 5 nitrogen and oxygen atoms in total. The molecule has 1 aromatic heterocycles. The Hall–Kier alpha value is -2.43. The molecule has 1 aliphatic rings. The molecule has 0 saturated heterocycles. The Labute approximate surface area is 129 Å². The number of aromatic amines is 1. The summed E-state index contributed by atoms with van der Waals surface area (Å²) in [5, 5.41) is 24.3. The zero-order chi connectivity index (χ0) is 15.5. The van der Waals surface area contributed by atoms with E-state index in [1.807, 2.05) is 24.3 Å². The van der Waals surface area contributed by atoms with Gasteiger partial charge in [-0.3, -0.25) is 15.9 Å². The third-order valence-electron chi connectivity index (χ3n) is 4.18. The smallest absolute Gasteiger partial charge is 0.220 e. The van der Waals surface area contributed by atoms with Gasteiger partial charge in [0.05, 0.1) is 5.52 Å². The molecular formula is C17H20N4O. The summed E-state index contributed by atoms with van der Waals surface area (Å²) in [5.41, 5.74) is 2.51. The molecule has 3 rings (SSSR count). The molecule has 0 atom stereocenters. The van der Waals surface area contributed by atoms with Gasteiger partial charge in [-0.05, 0) is 31.0 Å². The van der Waals surface area contributed by atoms with Gasteiger partial charge in [0, 0.05) is 29.0 Å². The first kappa shape index (κ1) is 14.5. The van der Waals surface area contributed by atoms with Gasteiger partial charge in [-0.2, -0.15) is 5.10 Å². The third-order valence-corrected chi connectivity index (χ3v) is 4.18. The van der Waals surface area contributed by atoms with E-state index in [2.05, 4.69) is 16.8 Å². The van der Waals surface area contributed by atoms with Crippen molar-refractivity contribution in [2.75, 3.05) is 0 Å². The van der Waals surface area contributed by atoms with Crippen molar-refractivity contribution in [3.05, 3.63) is 42.1 Å². The number of allylic oxidation sites excluding steroid dienone is 1. The van der Waals surface area contributed by atoms with Crippen LogP contribution < -0.4 is 0 Å². The Bertz CT molecular complexity index is 725. The zero-order valence-corrected chi connectivity index (χ0v) is 12.5. The van der Waals surface area contributed by atoms with Crippen LogP contribution in [0.5, 0.6) is 0 Å². The average Bonchev–Trinajstić information content (AvgIpc) is 3.17. The predicted molar refractivity (Wildman–Crippen MR) is 87.6 cm³/mol. The van der Waals surface area contributed by atoms with Gasteiger partial charge in [-0.15, -0.1) is 6.58 Å².